The van der Waals surface area contributed by atoms with Crippen LogP contribution in [0.3, 0.4) is 0 Å². The molecule has 1 aromatic rings. The molecule has 1 fully saturated rings. The maximum Gasteiger partial charge on any atom is 0.123 e. The summed E-state index contributed by atoms with van der Waals surface area (Å²) in [6.07, 6.45) is 6.65. The van der Waals surface area contributed by atoms with Gasteiger partial charge in [0.1, 0.15) is 5.82 Å². The van der Waals surface area contributed by atoms with Crippen molar-refractivity contribution in [3.8, 4) is 0 Å². The molecule has 118 valence electrons. The highest BCUT2D eigenvalue weighted by Gasteiger charge is 2.26. The number of nitrogens with one attached hydrogen (secondary N) is 1. The molecule has 0 heterocycles. The minimum Gasteiger partial charge on any atom is -0.313 e. The maximum absolute atomic E-state index is 13.0. The summed E-state index contributed by atoms with van der Waals surface area (Å²) in [6.45, 7) is 5.70. The van der Waals surface area contributed by atoms with Gasteiger partial charge in [-0.3, -0.25) is 0 Å². The predicted molar refractivity (Wildman–Crippen MR) is 90.3 cm³/mol. The average molecular weight is 309 g/mol. The summed E-state index contributed by atoms with van der Waals surface area (Å²) in [5, 5.41) is 3.75. The van der Waals surface area contributed by atoms with Gasteiger partial charge < -0.3 is 5.32 Å². The van der Waals surface area contributed by atoms with E-state index in [0.717, 1.165) is 24.1 Å². The van der Waals surface area contributed by atoms with Crippen molar-refractivity contribution >= 4 is 11.8 Å². The Bertz CT molecular complexity index is 406. The normalized spacial score (nSPS) is 24.0. The molecule has 0 aromatic heterocycles. The highest BCUT2D eigenvalue weighted by molar-refractivity contribution is 7.99. The van der Waals surface area contributed by atoms with Crippen LogP contribution in [0.4, 0.5) is 4.39 Å². The van der Waals surface area contributed by atoms with E-state index >= 15 is 0 Å². The van der Waals surface area contributed by atoms with Gasteiger partial charge in [-0.15, -0.1) is 11.8 Å². The van der Waals surface area contributed by atoms with E-state index in [9.17, 15) is 4.39 Å². The van der Waals surface area contributed by atoms with E-state index in [1.807, 2.05) is 23.9 Å². The molecule has 0 saturated heterocycles. The summed E-state index contributed by atoms with van der Waals surface area (Å²) in [5.74, 6) is 2.60. The second-order valence-corrected chi connectivity index (χ2v) is 7.45. The van der Waals surface area contributed by atoms with Gasteiger partial charge in [-0.2, -0.15) is 0 Å². The first-order chi connectivity index (χ1) is 10.2. The molecule has 0 bridgehead atoms. The standard InChI is InChI=1S/C18H28FNS/c1-3-11-20-18(15-6-4-5-14(2)12-15)13-21-17-9-7-16(19)8-10-17/h7-10,14-15,18,20H,3-6,11-13H2,1-2H3. The van der Waals surface area contributed by atoms with E-state index in [0.29, 0.717) is 6.04 Å². The minimum atomic E-state index is -0.152. The van der Waals surface area contributed by atoms with Crippen molar-refractivity contribution in [2.75, 3.05) is 12.3 Å². The lowest BCUT2D eigenvalue weighted by Gasteiger charge is -2.34. The molecule has 2 rings (SSSR count). The van der Waals surface area contributed by atoms with Gasteiger partial charge in [-0.1, -0.05) is 26.7 Å². The molecule has 1 nitrogen and oxygen atoms in total. The Morgan fingerprint density at radius 1 is 1.29 bits per heavy atom. The van der Waals surface area contributed by atoms with E-state index in [2.05, 4.69) is 19.2 Å². The number of rotatable bonds is 7. The average Bonchev–Trinajstić information content (AvgIpc) is 2.49. The zero-order valence-electron chi connectivity index (χ0n) is 13.3. The van der Waals surface area contributed by atoms with Crippen LogP contribution >= 0.6 is 11.8 Å². The van der Waals surface area contributed by atoms with Crippen molar-refractivity contribution in [3.05, 3.63) is 30.1 Å². The monoisotopic (exact) mass is 309 g/mol. The second kappa shape index (κ2) is 8.79. The molecular weight excluding hydrogens is 281 g/mol. The Hall–Kier alpha value is -0.540. The highest BCUT2D eigenvalue weighted by Crippen LogP contribution is 2.33. The lowest BCUT2D eigenvalue weighted by Crippen LogP contribution is -2.40. The van der Waals surface area contributed by atoms with Gasteiger partial charge in [0.25, 0.3) is 0 Å². The number of halogens is 1. The Morgan fingerprint density at radius 2 is 2.05 bits per heavy atom. The van der Waals surface area contributed by atoms with Crippen LogP contribution in [0.5, 0.6) is 0 Å². The molecule has 1 aliphatic carbocycles. The van der Waals surface area contributed by atoms with Crippen molar-refractivity contribution in [2.45, 2.75) is 56.9 Å². The maximum atomic E-state index is 13.0. The summed E-state index contributed by atoms with van der Waals surface area (Å²) in [7, 11) is 0. The van der Waals surface area contributed by atoms with E-state index in [4.69, 9.17) is 0 Å². The summed E-state index contributed by atoms with van der Waals surface area (Å²) >= 11 is 1.85. The topological polar surface area (TPSA) is 12.0 Å². The van der Waals surface area contributed by atoms with Crippen molar-refractivity contribution < 1.29 is 4.39 Å². The van der Waals surface area contributed by atoms with Gasteiger partial charge >= 0.3 is 0 Å². The molecule has 0 radical (unpaired) electrons. The molecule has 21 heavy (non-hydrogen) atoms. The molecule has 3 heteroatoms. The van der Waals surface area contributed by atoms with E-state index in [1.54, 1.807) is 12.1 Å². The number of hydrogen-bond donors (Lipinski definition) is 1. The summed E-state index contributed by atoms with van der Waals surface area (Å²) in [4.78, 5) is 1.17. The molecule has 0 amide bonds. The minimum absolute atomic E-state index is 0.152. The summed E-state index contributed by atoms with van der Waals surface area (Å²) in [6, 6.07) is 7.47. The van der Waals surface area contributed by atoms with Gasteiger partial charge in [0, 0.05) is 16.7 Å². The third-order valence-electron chi connectivity index (χ3n) is 4.45. The highest BCUT2D eigenvalue weighted by atomic mass is 32.2. The zero-order chi connectivity index (χ0) is 15.1. The number of hydrogen-bond acceptors (Lipinski definition) is 2. The van der Waals surface area contributed by atoms with E-state index in [1.165, 1.54) is 37.0 Å². The first kappa shape index (κ1) is 16.8. The largest absolute Gasteiger partial charge is 0.313 e. The molecule has 1 aliphatic rings. The molecule has 0 aliphatic heterocycles. The van der Waals surface area contributed by atoms with Crippen LogP contribution < -0.4 is 5.32 Å². The quantitative estimate of drug-likeness (QED) is 0.702. The molecule has 1 aromatic carbocycles. The van der Waals surface area contributed by atoms with Crippen LogP contribution in [0.25, 0.3) is 0 Å². The van der Waals surface area contributed by atoms with Gasteiger partial charge in [0.05, 0.1) is 0 Å². The zero-order valence-corrected chi connectivity index (χ0v) is 14.1. The second-order valence-electron chi connectivity index (χ2n) is 6.36. The molecule has 1 saturated carbocycles. The van der Waals surface area contributed by atoms with Crippen LogP contribution in [-0.2, 0) is 0 Å². The summed E-state index contributed by atoms with van der Waals surface area (Å²) in [5.41, 5.74) is 0. The summed E-state index contributed by atoms with van der Waals surface area (Å²) < 4.78 is 13.0. The predicted octanol–water partition coefficient (Wildman–Crippen LogP) is 5.11. The van der Waals surface area contributed by atoms with Gasteiger partial charge in [0.15, 0.2) is 0 Å². The molecule has 3 atom stereocenters. The van der Waals surface area contributed by atoms with Crippen LogP contribution in [0.2, 0.25) is 0 Å². The van der Waals surface area contributed by atoms with Crippen LogP contribution in [0.1, 0.15) is 46.0 Å². The van der Waals surface area contributed by atoms with Crippen molar-refractivity contribution in [1.29, 1.82) is 0 Å². The van der Waals surface area contributed by atoms with Crippen molar-refractivity contribution in [3.63, 3.8) is 0 Å². The number of thioether (sulfide) groups is 1. The van der Waals surface area contributed by atoms with Gasteiger partial charge in [0.2, 0.25) is 0 Å². The molecule has 3 unspecified atom stereocenters. The van der Waals surface area contributed by atoms with E-state index in [-0.39, 0.29) is 5.82 Å². The van der Waals surface area contributed by atoms with Gasteiger partial charge in [-0.25, -0.2) is 4.39 Å². The van der Waals surface area contributed by atoms with Crippen LogP contribution in [0.15, 0.2) is 29.2 Å². The van der Waals surface area contributed by atoms with Crippen LogP contribution in [0, 0.1) is 17.7 Å². The van der Waals surface area contributed by atoms with Crippen LogP contribution in [-0.4, -0.2) is 18.3 Å². The van der Waals surface area contributed by atoms with Crippen molar-refractivity contribution in [1.82, 2.24) is 5.32 Å². The Balaban J connectivity index is 1.90. The Morgan fingerprint density at radius 3 is 2.71 bits per heavy atom. The lowest BCUT2D eigenvalue weighted by molar-refractivity contribution is 0.234. The number of benzene rings is 1. The van der Waals surface area contributed by atoms with Gasteiger partial charge in [-0.05, 0) is 61.9 Å². The molecule has 0 spiro atoms. The van der Waals surface area contributed by atoms with E-state index < -0.39 is 0 Å². The lowest BCUT2D eigenvalue weighted by atomic mass is 9.79. The molecular formula is C18H28FNS. The first-order valence-corrected chi connectivity index (χ1v) is 9.29. The molecule has 1 N–H and O–H groups in total. The fourth-order valence-corrected chi connectivity index (χ4v) is 4.35. The van der Waals surface area contributed by atoms with Crippen molar-refractivity contribution in [2.24, 2.45) is 11.8 Å². The third-order valence-corrected chi connectivity index (χ3v) is 5.58. The Kier molecular flexibility index (Phi) is 7.05. The Labute approximate surface area is 133 Å². The fraction of sp³-hybridized carbons (Fsp3) is 0.667. The third kappa shape index (κ3) is 5.63. The SMILES string of the molecule is CCCNC(CSc1ccc(F)cc1)C1CCCC(C)C1. The first-order valence-electron chi connectivity index (χ1n) is 8.30. The fourth-order valence-electron chi connectivity index (χ4n) is 3.25. The smallest absolute Gasteiger partial charge is 0.123 e.